The van der Waals surface area contributed by atoms with E-state index in [0.29, 0.717) is 0 Å². The fraction of sp³-hybridized carbons (Fsp3) is 0.667. The molecule has 14 heavy (non-hydrogen) atoms. The highest BCUT2D eigenvalue weighted by molar-refractivity contribution is 5.13. The van der Waals surface area contributed by atoms with Crippen molar-refractivity contribution in [3.8, 4) is 0 Å². The van der Waals surface area contributed by atoms with Crippen molar-refractivity contribution in [2.75, 3.05) is 13.2 Å². The predicted molar refractivity (Wildman–Crippen MR) is 55.6 cm³/mol. The predicted octanol–water partition coefficient (Wildman–Crippen LogP) is 1.36. The van der Waals surface area contributed by atoms with Gasteiger partial charge in [0.2, 0.25) is 0 Å². The van der Waals surface area contributed by atoms with Gasteiger partial charge in [-0.25, -0.2) is 0 Å². The monoisotopic (exact) mass is 194 g/mol. The molecule has 0 saturated heterocycles. The van der Waals surface area contributed by atoms with Crippen molar-refractivity contribution < 1.29 is 10.2 Å². The molecule has 2 heteroatoms. The van der Waals surface area contributed by atoms with Gasteiger partial charge >= 0.3 is 0 Å². The van der Waals surface area contributed by atoms with Crippen molar-refractivity contribution in [3.05, 3.63) is 24.3 Å². The molecule has 2 fully saturated rings. The Labute approximate surface area is 85.0 Å². The number of hydrogen-bond donors (Lipinski definition) is 2. The topological polar surface area (TPSA) is 40.5 Å². The zero-order chi connectivity index (χ0) is 9.97. The molecule has 4 atom stereocenters. The van der Waals surface area contributed by atoms with E-state index in [1.165, 1.54) is 12.8 Å². The van der Waals surface area contributed by atoms with Gasteiger partial charge < -0.3 is 10.2 Å². The maximum atomic E-state index is 8.63. The third-order valence-electron chi connectivity index (χ3n) is 3.31. The van der Waals surface area contributed by atoms with Crippen LogP contribution in [0.4, 0.5) is 0 Å². The van der Waals surface area contributed by atoms with Gasteiger partial charge in [0.25, 0.3) is 0 Å². The Morgan fingerprint density at radius 1 is 0.857 bits per heavy atom. The molecule has 0 heterocycles. The molecule has 2 rings (SSSR count). The van der Waals surface area contributed by atoms with Crippen LogP contribution in [0.5, 0.6) is 0 Å². The lowest BCUT2D eigenvalue weighted by molar-refractivity contribution is 0.341. The summed E-state index contributed by atoms with van der Waals surface area (Å²) in [5.41, 5.74) is 0. The number of rotatable bonds is 5. The largest absolute Gasteiger partial charge is 0.392 e. The van der Waals surface area contributed by atoms with Gasteiger partial charge in [0.05, 0.1) is 13.2 Å². The minimum absolute atomic E-state index is 0.168. The molecule has 0 aromatic rings. The summed E-state index contributed by atoms with van der Waals surface area (Å²) in [5.74, 6) is 3.15. The average Bonchev–Trinajstić information content (AvgIpc) is 3.05. The maximum Gasteiger partial charge on any atom is 0.0612 e. The molecular formula is C12H18O2. The number of allylic oxidation sites excluding steroid dienone is 2. The molecule has 2 nitrogen and oxygen atoms in total. The highest BCUT2D eigenvalue weighted by atomic mass is 16.3. The van der Waals surface area contributed by atoms with E-state index < -0.39 is 0 Å². The Morgan fingerprint density at radius 3 is 1.64 bits per heavy atom. The lowest BCUT2D eigenvalue weighted by Crippen LogP contribution is -1.86. The average molecular weight is 194 g/mol. The van der Waals surface area contributed by atoms with E-state index in [9.17, 15) is 0 Å². The molecule has 0 aliphatic heterocycles. The van der Waals surface area contributed by atoms with Crippen molar-refractivity contribution in [1.29, 1.82) is 0 Å². The standard InChI is InChI=1S/C12H18O2/c13-5-1-3-9-7-11(9)12-8-10(12)4-2-6-14/h1-4,9-14H,5-8H2/b3-1+,4-2+/t9-,10-,11-,12-/m1/s1. The first kappa shape index (κ1) is 9.94. The molecule has 2 aliphatic rings. The van der Waals surface area contributed by atoms with Gasteiger partial charge in [0.1, 0.15) is 0 Å². The minimum atomic E-state index is 0.168. The summed E-state index contributed by atoms with van der Waals surface area (Å²) in [6, 6.07) is 0. The first-order valence-electron chi connectivity index (χ1n) is 5.42. The van der Waals surface area contributed by atoms with E-state index in [1.807, 2.05) is 12.2 Å². The van der Waals surface area contributed by atoms with Crippen molar-refractivity contribution in [1.82, 2.24) is 0 Å². The van der Waals surface area contributed by atoms with E-state index in [1.54, 1.807) is 0 Å². The molecule has 0 bridgehead atoms. The van der Waals surface area contributed by atoms with Crippen LogP contribution < -0.4 is 0 Å². The van der Waals surface area contributed by atoms with Gasteiger partial charge in [-0.1, -0.05) is 24.3 Å². The van der Waals surface area contributed by atoms with Crippen LogP contribution in [-0.2, 0) is 0 Å². The molecule has 0 spiro atoms. The Bertz CT molecular complexity index is 219. The third-order valence-corrected chi connectivity index (χ3v) is 3.31. The van der Waals surface area contributed by atoms with Crippen LogP contribution in [-0.4, -0.2) is 23.4 Å². The van der Waals surface area contributed by atoms with Crippen LogP contribution in [0.1, 0.15) is 12.8 Å². The molecule has 78 valence electrons. The number of aliphatic hydroxyl groups is 2. The van der Waals surface area contributed by atoms with Crippen LogP contribution in [0.25, 0.3) is 0 Å². The van der Waals surface area contributed by atoms with Gasteiger partial charge in [0.15, 0.2) is 0 Å². The van der Waals surface area contributed by atoms with Crippen molar-refractivity contribution >= 4 is 0 Å². The normalized spacial score (nSPS) is 41.0. The Morgan fingerprint density at radius 2 is 1.29 bits per heavy atom. The number of hydrogen-bond acceptors (Lipinski definition) is 2. The van der Waals surface area contributed by atoms with E-state index in [-0.39, 0.29) is 13.2 Å². The second-order valence-corrected chi connectivity index (χ2v) is 4.35. The second kappa shape index (κ2) is 4.28. The minimum Gasteiger partial charge on any atom is -0.392 e. The van der Waals surface area contributed by atoms with Gasteiger partial charge in [-0.3, -0.25) is 0 Å². The summed E-state index contributed by atoms with van der Waals surface area (Å²) >= 11 is 0. The van der Waals surface area contributed by atoms with Crippen LogP contribution >= 0.6 is 0 Å². The lowest BCUT2D eigenvalue weighted by atomic mass is 10.1. The molecule has 2 N–H and O–H groups in total. The summed E-state index contributed by atoms with van der Waals surface area (Å²) in [6.07, 6.45) is 10.6. The summed E-state index contributed by atoms with van der Waals surface area (Å²) < 4.78 is 0. The van der Waals surface area contributed by atoms with Crippen LogP contribution in [0.15, 0.2) is 24.3 Å². The van der Waals surface area contributed by atoms with Crippen LogP contribution in [0.3, 0.4) is 0 Å². The highest BCUT2D eigenvalue weighted by Gasteiger charge is 2.51. The summed E-state index contributed by atoms with van der Waals surface area (Å²) in [4.78, 5) is 0. The zero-order valence-corrected chi connectivity index (χ0v) is 8.34. The van der Waals surface area contributed by atoms with Crippen molar-refractivity contribution in [2.24, 2.45) is 23.7 Å². The van der Waals surface area contributed by atoms with Crippen LogP contribution in [0.2, 0.25) is 0 Å². The Kier molecular flexibility index (Phi) is 3.04. The van der Waals surface area contributed by atoms with Gasteiger partial charge in [-0.05, 0) is 36.5 Å². The summed E-state index contributed by atoms with van der Waals surface area (Å²) in [6.45, 7) is 0.337. The molecule has 0 unspecified atom stereocenters. The molecular weight excluding hydrogens is 176 g/mol. The van der Waals surface area contributed by atoms with Gasteiger partial charge in [-0.2, -0.15) is 0 Å². The smallest absolute Gasteiger partial charge is 0.0612 e. The summed E-state index contributed by atoms with van der Waals surface area (Å²) in [5, 5.41) is 17.3. The van der Waals surface area contributed by atoms with Crippen LogP contribution in [0, 0.1) is 23.7 Å². The van der Waals surface area contributed by atoms with E-state index in [0.717, 1.165) is 23.7 Å². The van der Waals surface area contributed by atoms with E-state index in [2.05, 4.69) is 12.2 Å². The first-order chi connectivity index (χ1) is 6.86. The molecule has 2 aliphatic carbocycles. The Balaban J connectivity index is 1.70. The first-order valence-corrected chi connectivity index (χ1v) is 5.42. The Hall–Kier alpha value is -0.600. The molecule has 0 aromatic heterocycles. The number of aliphatic hydroxyl groups excluding tert-OH is 2. The fourth-order valence-corrected chi connectivity index (χ4v) is 2.37. The van der Waals surface area contributed by atoms with Gasteiger partial charge in [-0.15, -0.1) is 0 Å². The summed E-state index contributed by atoms with van der Waals surface area (Å²) in [7, 11) is 0. The van der Waals surface area contributed by atoms with Gasteiger partial charge in [0, 0.05) is 0 Å². The van der Waals surface area contributed by atoms with E-state index in [4.69, 9.17) is 10.2 Å². The third kappa shape index (κ3) is 2.25. The molecule has 0 aromatic carbocycles. The molecule has 0 amide bonds. The SMILES string of the molecule is OC/C=C/[C@@H]1C[C@H]1[C@@H]1C[C@H]1/C=C/CO. The van der Waals surface area contributed by atoms with Crippen molar-refractivity contribution in [2.45, 2.75) is 12.8 Å². The van der Waals surface area contributed by atoms with Crippen molar-refractivity contribution in [3.63, 3.8) is 0 Å². The maximum absolute atomic E-state index is 8.63. The quantitative estimate of drug-likeness (QED) is 0.649. The molecule has 2 saturated carbocycles. The fourth-order valence-electron chi connectivity index (χ4n) is 2.37. The van der Waals surface area contributed by atoms with E-state index >= 15 is 0 Å². The zero-order valence-electron chi connectivity index (χ0n) is 8.34. The second-order valence-electron chi connectivity index (χ2n) is 4.35. The lowest BCUT2D eigenvalue weighted by Gasteiger charge is -1.91. The molecule has 0 radical (unpaired) electrons. The highest BCUT2D eigenvalue weighted by Crippen LogP contribution is 2.58.